The fraction of sp³-hybridized carbons (Fsp3) is 0.130. The van der Waals surface area contributed by atoms with Gasteiger partial charge in [-0.2, -0.15) is 19.2 Å². The Bertz CT molecular complexity index is 1640. The number of hydrogen-bond donors (Lipinski definition) is 0. The summed E-state index contributed by atoms with van der Waals surface area (Å²) in [4.78, 5) is 26.6. The first-order chi connectivity index (χ1) is 17.1. The molecule has 6 rings (SSSR count). The van der Waals surface area contributed by atoms with E-state index in [0.29, 0.717) is 50.6 Å². The van der Waals surface area contributed by atoms with Crippen molar-refractivity contribution in [3.05, 3.63) is 114 Å². The van der Waals surface area contributed by atoms with Crippen molar-refractivity contribution in [2.45, 2.75) is 19.3 Å². The van der Waals surface area contributed by atoms with Gasteiger partial charge in [0.05, 0.1) is 6.42 Å². The third kappa shape index (κ3) is 4.24. The van der Waals surface area contributed by atoms with Crippen LogP contribution in [0.15, 0.2) is 70.3 Å². The van der Waals surface area contributed by atoms with Crippen LogP contribution in [0.4, 0.5) is 0 Å². The van der Waals surface area contributed by atoms with Crippen LogP contribution in [0.3, 0.4) is 0 Å². The zero-order valence-electron chi connectivity index (χ0n) is 18.1. The van der Waals surface area contributed by atoms with Gasteiger partial charge in [0.2, 0.25) is 9.92 Å². The third-order valence-electron chi connectivity index (χ3n) is 5.33. The third-order valence-corrected chi connectivity index (χ3v) is 7.12. The van der Waals surface area contributed by atoms with Gasteiger partial charge in [-0.3, -0.25) is 9.59 Å². The molecule has 0 aliphatic heterocycles. The van der Waals surface area contributed by atoms with Crippen LogP contribution in [0.1, 0.15) is 32.5 Å². The van der Waals surface area contributed by atoms with Gasteiger partial charge >= 0.3 is 0 Å². The maximum absolute atomic E-state index is 12.9. The van der Waals surface area contributed by atoms with Crippen molar-refractivity contribution in [2.24, 2.45) is 0 Å². The predicted molar refractivity (Wildman–Crippen MR) is 131 cm³/mol. The summed E-state index contributed by atoms with van der Waals surface area (Å²) < 4.78 is 2.56. The van der Waals surface area contributed by atoms with Crippen LogP contribution in [-0.4, -0.2) is 39.6 Å². The van der Waals surface area contributed by atoms with Gasteiger partial charge in [0.15, 0.2) is 0 Å². The second-order valence-electron chi connectivity index (χ2n) is 7.79. The molecule has 0 unspecified atom stereocenters. The summed E-state index contributed by atoms with van der Waals surface area (Å²) in [5.41, 5.74) is 2.03. The Labute approximate surface area is 205 Å². The molecule has 35 heavy (non-hydrogen) atoms. The summed E-state index contributed by atoms with van der Waals surface area (Å²) in [7, 11) is 0. The Morgan fingerprint density at radius 3 is 1.43 bits per heavy atom. The van der Waals surface area contributed by atoms with E-state index in [0.717, 1.165) is 11.1 Å². The quantitative estimate of drug-likeness (QED) is 0.341. The molecule has 0 saturated heterocycles. The Hall–Kier alpha value is -4.16. The van der Waals surface area contributed by atoms with Crippen LogP contribution in [0.5, 0.6) is 0 Å². The van der Waals surface area contributed by atoms with Gasteiger partial charge in [0.25, 0.3) is 11.1 Å². The number of hydrogen-bond acceptors (Lipinski definition) is 10. The van der Waals surface area contributed by atoms with Crippen molar-refractivity contribution in [3.63, 3.8) is 0 Å². The molecule has 0 amide bonds. The molecule has 0 atom stereocenters. The van der Waals surface area contributed by atoms with Crippen molar-refractivity contribution in [2.75, 3.05) is 0 Å². The Morgan fingerprint density at radius 2 is 1.00 bits per heavy atom. The Morgan fingerprint density at radius 1 is 0.571 bits per heavy atom. The molecule has 0 aliphatic rings. The van der Waals surface area contributed by atoms with Crippen LogP contribution in [0.2, 0.25) is 0 Å². The van der Waals surface area contributed by atoms with Crippen molar-refractivity contribution < 1.29 is 0 Å². The first-order valence-electron chi connectivity index (χ1n) is 10.7. The summed E-state index contributed by atoms with van der Waals surface area (Å²) in [5.74, 6) is 0. The molecule has 6 aromatic rings. The van der Waals surface area contributed by atoms with Crippen molar-refractivity contribution in [3.8, 4) is 0 Å². The number of aromatic nitrogens is 8. The normalized spacial score (nSPS) is 11.4. The molecule has 0 bridgehead atoms. The van der Waals surface area contributed by atoms with E-state index in [1.54, 1.807) is 0 Å². The molecular formula is C23H16N8O2S2. The maximum atomic E-state index is 12.9. The second kappa shape index (κ2) is 8.89. The van der Waals surface area contributed by atoms with Gasteiger partial charge in [-0.1, -0.05) is 83.3 Å². The molecular weight excluding hydrogens is 484 g/mol. The molecule has 12 heteroatoms. The lowest BCUT2D eigenvalue weighted by atomic mass is 10.1. The minimum absolute atomic E-state index is 0.293. The lowest BCUT2D eigenvalue weighted by Gasteiger charge is -1.99. The smallest absolute Gasteiger partial charge is 0.265 e. The van der Waals surface area contributed by atoms with Crippen molar-refractivity contribution in [1.29, 1.82) is 0 Å². The van der Waals surface area contributed by atoms with Gasteiger partial charge in [-0.05, 0) is 11.1 Å². The van der Waals surface area contributed by atoms with Crippen LogP contribution in [0, 0.1) is 0 Å². The topological polar surface area (TPSA) is 120 Å². The monoisotopic (exact) mass is 500 g/mol. The van der Waals surface area contributed by atoms with Gasteiger partial charge in [-0.15, -0.1) is 20.4 Å². The minimum Gasteiger partial charge on any atom is -0.265 e. The zero-order chi connectivity index (χ0) is 23.8. The van der Waals surface area contributed by atoms with E-state index >= 15 is 0 Å². The molecule has 0 saturated carbocycles. The Kier molecular flexibility index (Phi) is 5.43. The average Bonchev–Trinajstić information content (AvgIpc) is 3.49. The average molecular weight is 501 g/mol. The molecule has 172 valence electrons. The fourth-order valence-electron chi connectivity index (χ4n) is 3.65. The van der Waals surface area contributed by atoms with E-state index in [9.17, 15) is 9.59 Å². The second-order valence-corrected chi connectivity index (χ2v) is 9.87. The summed E-state index contributed by atoms with van der Waals surface area (Å²) in [5, 5.41) is 26.8. The van der Waals surface area contributed by atoms with Gasteiger partial charge < -0.3 is 0 Å². The minimum atomic E-state index is -0.293. The molecule has 2 aromatic carbocycles. The van der Waals surface area contributed by atoms with E-state index in [2.05, 4.69) is 30.6 Å². The van der Waals surface area contributed by atoms with Crippen LogP contribution in [-0.2, 0) is 19.3 Å². The van der Waals surface area contributed by atoms with Crippen LogP contribution in [0.25, 0.3) is 9.92 Å². The van der Waals surface area contributed by atoms with Gasteiger partial charge in [0, 0.05) is 12.8 Å². The van der Waals surface area contributed by atoms with Crippen molar-refractivity contribution in [1.82, 2.24) is 39.6 Å². The van der Waals surface area contributed by atoms with Gasteiger partial charge in [-0.25, -0.2) is 0 Å². The fourth-order valence-corrected chi connectivity index (χ4v) is 5.40. The van der Waals surface area contributed by atoms with Crippen molar-refractivity contribution >= 4 is 32.6 Å². The van der Waals surface area contributed by atoms with E-state index in [4.69, 9.17) is 0 Å². The number of fused-ring (bicyclic) bond motifs is 2. The molecule has 0 aliphatic carbocycles. The van der Waals surface area contributed by atoms with Crippen LogP contribution >= 0.6 is 22.7 Å². The zero-order valence-corrected chi connectivity index (χ0v) is 19.7. The predicted octanol–water partition coefficient (Wildman–Crippen LogP) is 2.18. The molecule has 4 heterocycles. The number of nitrogens with zero attached hydrogens (tertiary/aromatic N) is 8. The first kappa shape index (κ1) is 21.4. The van der Waals surface area contributed by atoms with E-state index in [1.807, 2.05) is 60.7 Å². The molecule has 4 aromatic heterocycles. The number of rotatable bonds is 6. The summed E-state index contributed by atoms with van der Waals surface area (Å²) in [6.07, 6.45) is 1.10. The molecule has 0 spiro atoms. The van der Waals surface area contributed by atoms with E-state index < -0.39 is 0 Å². The lowest BCUT2D eigenvalue weighted by molar-refractivity contribution is 0.780. The maximum Gasteiger partial charge on any atom is 0.297 e. The summed E-state index contributed by atoms with van der Waals surface area (Å²) in [6, 6.07) is 19.2. The molecule has 10 nitrogen and oxygen atoms in total. The largest absolute Gasteiger partial charge is 0.297 e. The standard InChI is InChI=1S/C23H16N8O2S2/c32-20-16(11-14-7-3-1-4-8-14)24-26-22-30(20)28-18(34-22)13-19-29-31-21(33)17(25-27-23(31)35-19)12-15-9-5-2-6-10-15/h1-10H,11-13H2. The van der Waals surface area contributed by atoms with Gasteiger partial charge in [0.1, 0.15) is 21.4 Å². The molecule has 0 radical (unpaired) electrons. The highest BCUT2D eigenvalue weighted by molar-refractivity contribution is 7.18. The van der Waals surface area contributed by atoms with E-state index in [-0.39, 0.29) is 11.1 Å². The highest BCUT2D eigenvalue weighted by Crippen LogP contribution is 2.19. The SMILES string of the molecule is O=c1c(Cc2ccccc2)nnc2sc(Cc3nn4c(=O)c(Cc5ccccc5)nnc4s3)nn12. The lowest BCUT2D eigenvalue weighted by Crippen LogP contribution is -2.22. The molecule has 0 fully saturated rings. The first-order valence-corrected chi connectivity index (χ1v) is 12.3. The summed E-state index contributed by atoms with van der Waals surface area (Å²) >= 11 is 2.52. The van der Waals surface area contributed by atoms with Crippen LogP contribution < -0.4 is 11.1 Å². The van der Waals surface area contributed by atoms with E-state index in [1.165, 1.54) is 31.7 Å². The molecule has 0 N–H and O–H groups in total. The Balaban J connectivity index is 1.28. The highest BCUT2D eigenvalue weighted by Gasteiger charge is 2.16. The highest BCUT2D eigenvalue weighted by atomic mass is 32.1. The number of benzene rings is 2. The summed E-state index contributed by atoms with van der Waals surface area (Å²) in [6.45, 7) is 0.